The second kappa shape index (κ2) is 8.94. The van der Waals surface area contributed by atoms with Gasteiger partial charge in [-0.2, -0.15) is 5.26 Å². The number of oxazole rings is 1. The summed E-state index contributed by atoms with van der Waals surface area (Å²) in [5.74, 6) is -3.61. The van der Waals surface area contributed by atoms with Crippen LogP contribution in [-0.2, 0) is 14.6 Å². The highest BCUT2D eigenvalue weighted by atomic mass is 32.2. The van der Waals surface area contributed by atoms with E-state index in [-0.39, 0.29) is 36.6 Å². The minimum Gasteiger partial charge on any atom is -0.445 e. The monoisotopic (exact) mass is 517 g/mol. The Hall–Kier alpha value is -2.80. The summed E-state index contributed by atoms with van der Waals surface area (Å²) < 4.78 is 58.3. The number of hydrogen-bond donors (Lipinski definition) is 0. The van der Waals surface area contributed by atoms with Gasteiger partial charge in [0.2, 0.25) is 5.92 Å². The first-order valence-electron chi connectivity index (χ1n) is 12.3. The van der Waals surface area contributed by atoms with E-state index >= 15 is 0 Å². The molecule has 1 aromatic heterocycles. The number of nitriles is 1. The molecule has 1 aliphatic heterocycles. The minimum atomic E-state index is -2.98. The molecule has 0 radical (unpaired) electrons. The number of carbonyl (C=O) groups excluding carboxylic acids is 1. The van der Waals surface area contributed by atoms with E-state index in [4.69, 9.17) is 4.42 Å². The second-order valence-electron chi connectivity index (χ2n) is 10.5. The lowest BCUT2D eigenvalue weighted by atomic mass is 9.71. The number of aromatic nitrogens is 1. The number of halogens is 2. The Morgan fingerprint density at radius 3 is 2.47 bits per heavy atom. The van der Waals surface area contributed by atoms with Gasteiger partial charge in [-0.25, -0.2) is 22.2 Å². The molecule has 7 nitrogen and oxygen atoms in total. The van der Waals surface area contributed by atoms with Crippen LogP contribution in [0.1, 0.15) is 56.1 Å². The number of benzene rings is 1. The third-order valence-electron chi connectivity index (χ3n) is 7.79. The number of nitrogens with zero attached hydrogens (tertiary/aromatic N) is 3. The van der Waals surface area contributed by atoms with Gasteiger partial charge in [0.25, 0.3) is 0 Å². The van der Waals surface area contributed by atoms with Crippen LogP contribution in [0.4, 0.5) is 14.5 Å². The van der Waals surface area contributed by atoms with E-state index in [2.05, 4.69) is 11.1 Å². The van der Waals surface area contributed by atoms with Crippen LogP contribution < -0.4 is 4.90 Å². The predicted molar refractivity (Wildman–Crippen MR) is 129 cm³/mol. The lowest BCUT2D eigenvalue weighted by Crippen LogP contribution is -2.40. The Balaban J connectivity index is 1.41. The van der Waals surface area contributed by atoms with Crippen molar-refractivity contribution in [1.82, 2.24) is 4.98 Å². The Bertz CT molecular complexity index is 1300. The van der Waals surface area contributed by atoms with E-state index in [1.54, 1.807) is 6.92 Å². The van der Waals surface area contributed by atoms with Crippen molar-refractivity contribution in [3.8, 4) is 17.3 Å². The summed E-state index contributed by atoms with van der Waals surface area (Å²) in [6, 6.07) is 9.70. The molecular formula is C26H29F2N3O4S. The Morgan fingerprint density at radius 2 is 1.86 bits per heavy atom. The normalized spacial score (nSPS) is 26.2. The molecule has 192 valence electrons. The average Bonchev–Trinajstić information content (AvgIpc) is 3.50. The standard InChI is InChI=1S/C26H29F2N3O4S/c1-17-30-23(18-2-4-19(5-3-18)31-10-12-36(33,34)13-11-31)24(35-17)20-6-7-26(27,28)14-21(20)22(32)15-25(16-29)8-9-25/h2-5,20-21H,6-15H2,1H3/t20-,21-/m1/s1. The van der Waals surface area contributed by atoms with E-state index in [9.17, 15) is 27.3 Å². The van der Waals surface area contributed by atoms with Gasteiger partial charge in [0.15, 0.2) is 15.7 Å². The van der Waals surface area contributed by atoms with Crippen molar-refractivity contribution in [3.05, 3.63) is 35.9 Å². The fraction of sp³-hybridized carbons (Fsp3) is 0.577. The van der Waals surface area contributed by atoms with Crippen LogP contribution >= 0.6 is 0 Å². The second-order valence-corrected chi connectivity index (χ2v) is 12.8. The number of anilines is 1. The molecule has 2 atom stereocenters. The smallest absolute Gasteiger partial charge is 0.248 e. The summed E-state index contributed by atoms with van der Waals surface area (Å²) >= 11 is 0. The largest absolute Gasteiger partial charge is 0.445 e. The van der Waals surface area contributed by atoms with Crippen LogP contribution in [0.15, 0.2) is 28.7 Å². The molecule has 3 aliphatic rings. The highest BCUT2D eigenvalue weighted by Crippen LogP contribution is 2.52. The summed E-state index contributed by atoms with van der Waals surface area (Å²) in [5, 5.41) is 9.42. The van der Waals surface area contributed by atoms with Crippen molar-refractivity contribution in [3.63, 3.8) is 0 Å². The van der Waals surface area contributed by atoms with Crippen LogP contribution in [0.25, 0.3) is 11.3 Å². The van der Waals surface area contributed by atoms with Gasteiger partial charge in [-0.1, -0.05) is 12.1 Å². The first-order chi connectivity index (χ1) is 17.0. The number of hydrogen-bond acceptors (Lipinski definition) is 7. The van der Waals surface area contributed by atoms with E-state index < -0.39 is 39.4 Å². The number of alkyl halides is 2. The van der Waals surface area contributed by atoms with Gasteiger partial charge in [-0.15, -0.1) is 0 Å². The molecule has 2 aromatic rings. The van der Waals surface area contributed by atoms with Crippen LogP contribution in [0.5, 0.6) is 0 Å². The first kappa shape index (κ1) is 24.9. The Kier molecular flexibility index (Phi) is 6.18. The summed E-state index contributed by atoms with van der Waals surface area (Å²) in [6.07, 6.45) is 0.485. The molecule has 2 aliphatic carbocycles. The maximum Gasteiger partial charge on any atom is 0.248 e. The molecule has 0 amide bonds. The maximum absolute atomic E-state index is 14.4. The van der Waals surface area contributed by atoms with Gasteiger partial charge in [0.1, 0.15) is 17.2 Å². The van der Waals surface area contributed by atoms with Crippen molar-refractivity contribution in [2.75, 3.05) is 29.5 Å². The molecule has 2 saturated carbocycles. The van der Waals surface area contributed by atoms with Gasteiger partial charge in [0, 0.05) is 62.4 Å². The molecule has 5 rings (SSSR count). The van der Waals surface area contributed by atoms with Gasteiger partial charge in [0.05, 0.1) is 23.0 Å². The van der Waals surface area contributed by atoms with Gasteiger partial charge in [-0.05, 0) is 31.4 Å². The zero-order chi connectivity index (χ0) is 25.7. The predicted octanol–water partition coefficient (Wildman–Crippen LogP) is 4.67. The van der Waals surface area contributed by atoms with Crippen molar-refractivity contribution < 1.29 is 26.4 Å². The van der Waals surface area contributed by atoms with Crippen LogP contribution in [-0.4, -0.2) is 49.7 Å². The number of rotatable bonds is 6. The zero-order valence-electron chi connectivity index (χ0n) is 20.2. The molecule has 0 spiro atoms. The SMILES string of the molecule is Cc1nc(-c2ccc(N3CCS(=O)(=O)CC3)cc2)c([C@@H]2CCC(F)(F)C[C@H]2C(=O)CC2(C#N)CC2)o1. The molecule has 1 saturated heterocycles. The molecule has 2 heterocycles. The zero-order valence-corrected chi connectivity index (χ0v) is 21.0. The van der Waals surface area contributed by atoms with Crippen molar-refractivity contribution in [2.45, 2.75) is 57.3 Å². The molecule has 36 heavy (non-hydrogen) atoms. The van der Waals surface area contributed by atoms with E-state index in [0.29, 0.717) is 43.3 Å². The fourth-order valence-electron chi connectivity index (χ4n) is 5.43. The molecule has 10 heteroatoms. The molecular weight excluding hydrogens is 488 g/mol. The number of sulfone groups is 1. The van der Waals surface area contributed by atoms with Crippen molar-refractivity contribution in [2.24, 2.45) is 11.3 Å². The van der Waals surface area contributed by atoms with Crippen molar-refractivity contribution >= 4 is 21.3 Å². The summed E-state index contributed by atoms with van der Waals surface area (Å²) in [4.78, 5) is 19.8. The number of Topliss-reactive ketones (excluding diaryl/α,β-unsaturated/α-hetero) is 1. The molecule has 0 bridgehead atoms. The van der Waals surface area contributed by atoms with Crippen LogP contribution in [0.2, 0.25) is 0 Å². The quantitative estimate of drug-likeness (QED) is 0.549. The molecule has 3 fully saturated rings. The van der Waals surface area contributed by atoms with Gasteiger partial charge < -0.3 is 9.32 Å². The number of ketones is 1. The minimum absolute atomic E-state index is 0.00342. The van der Waals surface area contributed by atoms with Crippen LogP contribution in [0.3, 0.4) is 0 Å². The third kappa shape index (κ3) is 5.03. The van der Waals surface area contributed by atoms with Gasteiger partial charge in [-0.3, -0.25) is 4.79 Å². The van der Waals surface area contributed by atoms with Gasteiger partial charge >= 0.3 is 0 Å². The topological polar surface area (TPSA) is 104 Å². The number of carbonyl (C=O) groups is 1. The summed E-state index contributed by atoms with van der Waals surface area (Å²) in [5.41, 5.74) is 1.48. The number of aryl methyl sites for hydroxylation is 1. The highest BCUT2D eigenvalue weighted by molar-refractivity contribution is 7.91. The molecule has 1 aromatic carbocycles. The first-order valence-corrected chi connectivity index (χ1v) is 14.2. The highest BCUT2D eigenvalue weighted by Gasteiger charge is 2.51. The maximum atomic E-state index is 14.4. The summed E-state index contributed by atoms with van der Waals surface area (Å²) in [6.45, 7) is 2.55. The lowest BCUT2D eigenvalue weighted by Gasteiger charge is -2.34. The Labute approximate surface area is 209 Å². The molecule has 0 N–H and O–H groups in total. The van der Waals surface area contributed by atoms with Crippen LogP contribution in [0, 0.1) is 29.6 Å². The molecule has 0 unspecified atom stereocenters. The van der Waals surface area contributed by atoms with E-state index in [1.165, 1.54) is 0 Å². The third-order valence-corrected chi connectivity index (χ3v) is 9.40. The Morgan fingerprint density at radius 1 is 1.19 bits per heavy atom. The van der Waals surface area contributed by atoms with E-state index in [1.807, 2.05) is 29.2 Å². The fourth-order valence-corrected chi connectivity index (χ4v) is 6.63. The average molecular weight is 518 g/mol. The van der Waals surface area contributed by atoms with Crippen molar-refractivity contribution in [1.29, 1.82) is 5.26 Å². The summed E-state index contributed by atoms with van der Waals surface area (Å²) in [7, 11) is -2.98. The lowest BCUT2D eigenvalue weighted by molar-refractivity contribution is -0.132. The van der Waals surface area contributed by atoms with E-state index in [0.717, 1.165) is 11.3 Å².